The molecule has 2 N–H and O–H groups in total. The summed E-state index contributed by atoms with van der Waals surface area (Å²) in [6, 6.07) is 1.97. The van der Waals surface area contributed by atoms with Crippen molar-refractivity contribution in [2.45, 2.75) is 45.7 Å². The fourth-order valence-corrected chi connectivity index (χ4v) is 2.50. The van der Waals surface area contributed by atoms with Crippen LogP contribution in [-0.4, -0.2) is 33.3 Å². The van der Waals surface area contributed by atoms with Gasteiger partial charge in [-0.05, 0) is 32.5 Å². The van der Waals surface area contributed by atoms with E-state index in [0.717, 1.165) is 25.2 Å². The Morgan fingerprint density at radius 1 is 1.41 bits per heavy atom. The van der Waals surface area contributed by atoms with Gasteiger partial charge in [-0.2, -0.15) is 5.10 Å². The highest BCUT2D eigenvalue weighted by Crippen LogP contribution is 2.31. The summed E-state index contributed by atoms with van der Waals surface area (Å²) in [4.78, 5) is 2.42. The summed E-state index contributed by atoms with van der Waals surface area (Å²) in [5, 5.41) is 4.44. The van der Waals surface area contributed by atoms with Crippen LogP contribution in [-0.2, 0) is 7.05 Å². The summed E-state index contributed by atoms with van der Waals surface area (Å²) in [5.74, 6) is 0. The first kappa shape index (κ1) is 14.2. The molecule has 0 spiro atoms. The number of nitrogens with two attached hydrogens (primary N) is 1. The molecule has 2 unspecified atom stereocenters. The smallest absolute Gasteiger partial charge is 0.0810 e. The molecule has 1 aromatic rings. The Kier molecular flexibility index (Phi) is 4.71. The number of aryl methyl sites for hydroxylation is 1. The minimum atomic E-state index is -0.0476. The lowest BCUT2D eigenvalue weighted by Crippen LogP contribution is -2.53. The highest BCUT2D eigenvalue weighted by atomic mass is 15.3. The zero-order chi connectivity index (χ0) is 13.1. The van der Waals surface area contributed by atoms with Crippen LogP contribution in [0.3, 0.4) is 0 Å². The van der Waals surface area contributed by atoms with Gasteiger partial charge in [0, 0.05) is 18.8 Å². The van der Waals surface area contributed by atoms with E-state index in [0.29, 0.717) is 0 Å². The summed E-state index contributed by atoms with van der Waals surface area (Å²) >= 11 is 0. The molecule has 0 saturated carbocycles. The number of aromatic nitrogens is 2. The van der Waals surface area contributed by atoms with E-state index < -0.39 is 0 Å². The third-order valence-corrected chi connectivity index (χ3v) is 3.92. The second kappa shape index (κ2) is 5.65. The largest absolute Gasteiger partial charge is 0.321 e. The molecule has 98 valence electrons. The van der Waals surface area contributed by atoms with E-state index in [9.17, 15) is 0 Å². The van der Waals surface area contributed by atoms with Gasteiger partial charge >= 0.3 is 0 Å². The number of nitrogens with zero attached hydrogens (tertiary/aromatic N) is 3. The first-order valence-electron chi connectivity index (χ1n) is 6.49. The lowest BCUT2D eigenvalue weighted by Gasteiger charge is -2.43. The Bertz CT molecular complexity index is 343. The summed E-state index contributed by atoms with van der Waals surface area (Å²) < 4.78 is 1.81. The maximum atomic E-state index is 6.43. The van der Waals surface area contributed by atoms with Gasteiger partial charge in [-0.15, -0.1) is 0 Å². The zero-order valence-corrected chi connectivity index (χ0v) is 11.8. The maximum Gasteiger partial charge on any atom is 0.0810 e. The van der Waals surface area contributed by atoms with Crippen molar-refractivity contribution in [3.63, 3.8) is 0 Å². The molecule has 4 nitrogen and oxygen atoms in total. The molecule has 0 aliphatic carbocycles. The molecule has 4 heteroatoms. The van der Waals surface area contributed by atoms with Crippen molar-refractivity contribution in [2.75, 3.05) is 13.1 Å². The molecule has 1 aromatic heterocycles. The van der Waals surface area contributed by atoms with Gasteiger partial charge in [-0.1, -0.05) is 20.8 Å². The van der Waals surface area contributed by atoms with Gasteiger partial charge in [0.25, 0.3) is 0 Å². The van der Waals surface area contributed by atoms with Crippen LogP contribution in [0.5, 0.6) is 0 Å². The van der Waals surface area contributed by atoms with E-state index >= 15 is 0 Å². The monoisotopic (exact) mass is 238 g/mol. The lowest BCUT2D eigenvalue weighted by molar-refractivity contribution is 0.0828. The highest BCUT2D eigenvalue weighted by molar-refractivity contribution is 5.12. The first-order valence-corrected chi connectivity index (χ1v) is 6.49. The van der Waals surface area contributed by atoms with Crippen LogP contribution in [0.25, 0.3) is 0 Å². The van der Waals surface area contributed by atoms with Crippen molar-refractivity contribution in [3.8, 4) is 0 Å². The third kappa shape index (κ3) is 2.69. The number of likely N-dealkylation sites (N-methyl/N-ethyl adjacent to an activating group) is 1. The fourth-order valence-electron chi connectivity index (χ4n) is 2.50. The molecule has 2 atom stereocenters. The molecule has 0 fully saturated rings. The molecule has 0 aliphatic heterocycles. The minimum absolute atomic E-state index is 0.0299. The van der Waals surface area contributed by atoms with Crippen LogP contribution >= 0.6 is 0 Å². The van der Waals surface area contributed by atoms with Gasteiger partial charge < -0.3 is 5.73 Å². The van der Waals surface area contributed by atoms with E-state index in [1.54, 1.807) is 0 Å². The third-order valence-electron chi connectivity index (χ3n) is 3.92. The van der Waals surface area contributed by atoms with Crippen molar-refractivity contribution < 1.29 is 0 Å². The second-order valence-corrected chi connectivity index (χ2v) is 4.77. The summed E-state index contributed by atoms with van der Waals surface area (Å²) in [5.41, 5.74) is 7.38. The summed E-state index contributed by atoms with van der Waals surface area (Å²) in [7, 11) is 1.93. The zero-order valence-electron chi connectivity index (χ0n) is 11.8. The van der Waals surface area contributed by atoms with Crippen molar-refractivity contribution in [1.82, 2.24) is 14.7 Å². The van der Waals surface area contributed by atoms with Crippen LogP contribution < -0.4 is 5.73 Å². The van der Waals surface area contributed by atoms with Gasteiger partial charge in [-0.3, -0.25) is 9.58 Å². The number of rotatable bonds is 6. The summed E-state index contributed by atoms with van der Waals surface area (Å²) in [6.45, 7) is 10.8. The average molecular weight is 238 g/mol. The molecule has 0 aliphatic rings. The predicted octanol–water partition coefficient (Wildman–Crippen LogP) is 1.93. The lowest BCUT2D eigenvalue weighted by atomic mass is 9.86. The van der Waals surface area contributed by atoms with E-state index in [1.807, 2.05) is 24.0 Å². The van der Waals surface area contributed by atoms with E-state index in [-0.39, 0.29) is 11.6 Å². The van der Waals surface area contributed by atoms with Gasteiger partial charge in [0.2, 0.25) is 0 Å². The Morgan fingerprint density at radius 2 is 2.00 bits per heavy atom. The summed E-state index contributed by atoms with van der Waals surface area (Å²) in [6.07, 6.45) is 2.97. The van der Waals surface area contributed by atoms with Crippen LogP contribution in [0.1, 0.15) is 45.9 Å². The molecule has 17 heavy (non-hydrogen) atoms. The second-order valence-electron chi connectivity index (χ2n) is 4.77. The fraction of sp³-hybridized carbons (Fsp3) is 0.769. The van der Waals surface area contributed by atoms with Crippen LogP contribution in [0, 0.1) is 0 Å². The molecular formula is C13H26N4. The molecular weight excluding hydrogens is 212 g/mol. The quantitative estimate of drug-likeness (QED) is 0.824. The van der Waals surface area contributed by atoms with Gasteiger partial charge in [-0.25, -0.2) is 0 Å². The van der Waals surface area contributed by atoms with E-state index in [2.05, 4.69) is 37.7 Å². The Morgan fingerprint density at radius 3 is 2.35 bits per heavy atom. The van der Waals surface area contributed by atoms with Crippen LogP contribution in [0.4, 0.5) is 0 Å². The first-order chi connectivity index (χ1) is 7.99. The number of hydrogen-bond acceptors (Lipinski definition) is 3. The Balaban J connectivity index is 2.99. The molecule has 0 radical (unpaired) electrons. The molecule has 0 amide bonds. The van der Waals surface area contributed by atoms with Crippen molar-refractivity contribution in [1.29, 1.82) is 0 Å². The molecule has 0 saturated heterocycles. The topological polar surface area (TPSA) is 47.1 Å². The Hall–Kier alpha value is -0.870. The minimum Gasteiger partial charge on any atom is -0.321 e. The molecule has 0 aromatic carbocycles. The molecule has 1 heterocycles. The van der Waals surface area contributed by atoms with Crippen LogP contribution in [0.2, 0.25) is 0 Å². The van der Waals surface area contributed by atoms with E-state index in [1.165, 1.54) is 0 Å². The highest BCUT2D eigenvalue weighted by Gasteiger charge is 2.36. The van der Waals surface area contributed by atoms with Crippen LogP contribution in [0.15, 0.2) is 12.3 Å². The SMILES string of the molecule is CCN(CC)C(C)(CC)C(N)c1ccn(C)n1. The Labute approximate surface area is 105 Å². The van der Waals surface area contributed by atoms with Crippen molar-refractivity contribution in [2.24, 2.45) is 12.8 Å². The van der Waals surface area contributed by atoms with Gasteiger partial charge in [0.05, 0.1) is 11.7 Å². The van der Waals surface area contributed by atoms with Crippen molar-refractivity contribution in [3.05, 3.63) is 18.0 Å². The maximum absolute atomic E-state index is 6.43. The molecule has 1 rings (SSSR count). The van der Waals surface area contributed by atoms with E-state index in [4.69, 9.17) is 5.73 Å². The van der Waals surface area contributed by atoms with Gasteiger partial charge in [0.1, 0.15) is 0 Å². The van der Waals surface area contributed by atoms with Gasteiger partial charge in [0.15, 0.2) is 0 Å². The standard InChI is InChI=1S/C13H26N4/c1-6-13(4,17(7-2)8-3)12(14)11-9-10-16(5)15-11/h9-10,12H,6-8,14H2,1-5H3. The molecule has 0 bridgehead atoms. The average Bonchev–Trinajstić information content (AvgIpc) is 2.76. The normalized spacial score (nSPS) is 17.1. The number of hydrogen-bond donors (Lipinski definition) is 1. The van der Waals surface area contributed by atoms with Crippen molar-refractivity contribution >= 4 is 0 Å². The predicted molar refractivity (Wildman–Crippen MR) is 71.8 cm³/mol.